The fourth-order valence-electron chi connectivity index (χ4n) is 5.38. The lowest BCUT2D eigenvalue weighted by molar-refractivity contribution is 0.0778. The van der Waals surface area contributed by atoms with Crippen LogP contribution in [0.2, 0.25) is 0 Å². The van der Waals surface area contributed by atoms with Gasteiger partial charge in [-0.05, 0) is 54.3 Å². The Hall–Kier alpha value is -0.0400. The molecule has 0 aromatic heterocycles. The normalized spacial score (nSPS) is 37.4. The van der Waals surface area contributed by atoms with E-state index in [4.69, 9.17) is 0 Å². The molecule has 2 fully saturated rings. The van der Waals surface area contributed by atoms with Crippen LogP contribution in [-0.4, -0.2) is 12.1 Å². The van der Waals surface area contributed by atoms with Crippen LogP contribution in [-0.2, 0) is 0 Å². The highest BCUT2D eigenvalue weighted by Gasteiger charge is 2.42. The van der Waals surface area contributed by atoms with E-state index in [1.54, 1.807) is 0 Å². The van der Waals surface area contributed by atoms with Crippen molar-refractivity contribution in [2.24, 2.45) is 22.2 Å². The zero-order valence-electron chi connectivity index (χ0n) is 14.3. The predicted molar refractivity (Wildman–Crippen MR) is 84.3 cm³/mol. The first-order valence-corrected chi connectivity index (χ1v) is 8.24. The molecular formula is C18H35N. The Labute approximate surface area is 120 Å². The highest BCUT2D eigenvalue weighted by atomic mass is 15.0. The molecule has 2 atom stereocenters. The van der Waals surface area contributed by atoms with Gasteiger partial charge in [0.1, 0.15) is 0 Å². The van der Waals surface area contributed by atoms with Crippen molar-refractivity contribution in [3.63, 3.8) is 0 Å². The van der Waals surface area contributed by atoms with Gasteiger partial charge in [0.05, 0.1) is 0 Å². The summed E-state index contributed by atoms with van der Waals surface area (Å²) in [4.78, 5) is 0. The van der Waals surface area contributed by atoms with E-state index >= 15 is 0 Å². The van der Waals surface area contributed by atoms with Crippen molar-refractivity contribution in [3.8, 4) is 0 Å². The van der Waals surface area contributed by atoms with Crippen LogP contribution in [0.3, 0.4) is 0 Å². The Balaban J connectivity index is 1.99. The van der Waals surface area contributed by atoms with Gasteiger partial charge in [-0.1, -0.05) is 48.5 Å². The van der Waals surface area contributed by atoms with Crippen LogP contribution in [0.25, 0.3) is 0 Å². The van der Waals surface area contributed by atoms with Gasteiger partial charge in [0.25, 0.3) is 0 Å². The second-order valence-electron chi connectivity index (χ2n) is 9.93. The number of rotatable bonds is 2. The molecule has 0 amide bonds. The van der Waals surface area contributed by atoms with Gasteiger partial charge >= 0.3 is 0 Å². The highest BCUT2D eigenvalue weighted by Crippen LogP contribution is 2.47. The minimum Gasteiger partial charge on any atom is -0.311 e. The summed E-state index contributed by atoms with van der Waals surface area (Å²) < 4.78 is 0. The van der Waals surface area contributed by atoms with E-state index in [0.29, 0.717) is 16.2 Å². The first-order chi connectivity index (χ1) is 8.48. The van der Waals surface area contributed by atoms with Gasteiger partial charge < -0.3 is 5.32 Å². The third-order valence-electron chi connectivity index (χ3n) is 5.34. The molecule has 19 heavy (non-hydrogen) atoms. The molecule has 0 spiro atoms. The van der Waals surface area contributed by atoms with Crippen LogP contribution in [0, 0.1) is 22.2 Å². The highest BCUT2D eigenvalue weighted by molar-refractivity contribution is 4.97. The summed E-state index contributed by atoms with van der Waals surface area (Å²) in [5, 5.41) is 4.03. The Morgan fingerprint density at radius 2 is 1.26 bits per heavy atom. The van der Waals surface area contributed by atoms with Gasteiger partial charge in [-0.2, -0.15) is 0 Å². The summed E-state index contributed by atoms with van der Waals surface area (Å²) in [7, 11) is 0. The molecule has 2 saturated carbocycles. The van der Waals surface area contributed by atoms with Gasteiger partial charge in [-0.15, -0.1) is 0 Å². The summed E-state index contributed by atoms with van der Waals surface area (Å²) in [5.74, 6) is 0.836. The van der Waals surface area contributed by atoms with Gasteiger partial charge in [0, 0.05) is 12.1 Å². The summed E-state index contributed by atoms with van der Waals surface area (Å²) in [6.45, 7) is 17.1. The molecule has 2 aliphatic rings. The first-order valence-electron chi connectivity index (χ1n) is 8.24. The van der Waals surface area contributed by atoms with Crippen LogP contribution in [0.5, 0.6) is 0 Å². The third kappa shape index (κ3) is 3.97. The third-order valence-corrected chi connectivity index (χ3v) is 5.34. The molecule has 0 saturated heterocycles. The van der Waals surface area contributed by atoms with Crippen molar-refractivity contribution in [1.82, 2.24) is 5.32 Å². The monoisotopic (exact) mass is 265 g/mol. The molecule has 1 N–H and O–H groups in total. The van der Waals surface area contributed by atoms with Crippen LogP contribution >= 0.6 is 0 Å². The van der Waals surface area contributed by atoms with Crippen molar-refractivity contribution in [2.75, 3.05) is 0 Å². The molecule has 0 aromatic carbocycles. The van der Waals surface area contributed by atoms with Crippen LogP contribution in [0.1, 0.15) is 80.6 Å². The standard InChI is InChI=1S/C18H35N/c1-13-8-16(2,3)11-15(13)19-14-9-17(4,5)12-18(6,7)10-14/h13-15,19H,8-12H2,1-7H3. The van der Waals surface area contributed by atoms with E-state index in [1.807, 2.05) is 0 Å². The van der Waals surface area contributed by atoms with Crippen molar-refractivity contribution in [2.45, 2.75) is 92.7 Å². The SMILES string of the molecule is CC1CC(C)(C)CC1NC1CC(C)(C)CC(C)(C)C1. The van der Waals surface area contributed by atoms with Gasteiger partial charge in [0.2, 0.25) is 0 Å². The fraction of sp³-hybridized carbons (Fsp3) is 1.00. The Morgan fingerprint density at radius 3 is 1.68 bits per heavy atom. The van der Waals surface area contributed by atoms with Crippen LogP contribution in [0.4, 0.5) is 0 Å². The van der Waals surface area contributed by atoms with Crippen LogP contribution < -0.4 is 5.32 Å². The zero-order valence-corrected chi connectivity index (χ0v) is 14.3. The van der Waals surface area contributed by atoms with Crippen molar-refractivity contribution >= 4 is 0 Å². The molecule has 2 unspecified atom stereocenters. The molecule has 0 heterocycles. The Bertz CT molecular complexity index is 311. The molecule has 2 rings (SSSR count). The maximum atomic E-state index is 4.03. The number of hydrogen-bond donors (Lipinski definition) is 1. The number of hydrogen-bond acceptors (Lipinski definition) is 1. The summed E-state index contributed by atoms with van der Waals surface area (Å²) in [6.07, 6.45) is 6.79. The van der Waals surface area contributed by atoms with Crippen molar-refractivity contribution < 1.29 is 0 Å². The second-order valence-corrected chi connectivity index (χ2v) is 9.93. The average molecular weight is 265 g/mol. The van der Waals surface area contributed by atoms with E-state index in [9.17, 15) is 0 Å². The molecule has 0 aliphatic heterocycles. The first kappa shape index (κ1) is 15.4. The molecule has 1 nitrogen and oxygen atoms in total. The molecular weight excluding hydrogens is 230 g/mol. The maximum absolute atomic E-state index is 4.03. The van der Waals surface area contributed by atoms with E-state index < -0.39 is 0 Å². The van der Waals surface area contributed by atoms with Crippen molar-refractivity contribution in [3.05, 3.63) is 0 Å². The molecule has 0 radical (unpaired) electrons. The predicted octanol–water partition coefficient (Wildman–Crippen LogP) is 5.01. The largest absolute Gasteiger partial charge is 0.311 e. The van der Waals surface area contributed by atoms with Gasteiger partial charge in [-0.3, -0.25) is 0 Å². The average Bonchev–Trinajstić information content (AvgIpc) is 2.33. The fourth-order valence-corrected chi connectivity index (χ4v) is 5.38. The van der Waals surface area contributed by atoms with E-state index in [0.717, 1.165) is 18.0 Å². The lowest BCUT2D eigenvalue weighted by Gasteiger charge is -2.46. The zero-order chi connectivity index (χ0) is 14.5. The summed E-state index contributed by atoms with van der Waals surface area (Å²) in [6, 6.07) is 1.46. The molecule has 0 bridgehead atoms. The Kier molecular flexibility index (Phi) is 3.84. The molecule has 0 aromatic rings. The lowest BCUT2D eigenvalue weighted by atomic mass is 9.63. The molecule has 2 aliphatic carbocycles. The maximum Gasteiger partial charge on any atom is 0.0101 e. The minimum absolute atomic E-state index is 0.497. The topological polar surface area (TPSA) is 12.0 Å². The van der Waals surface area contributed by atoms with E-state index in [-0.39, 0.29) is 0 Å². The van der Waals surface area contributed by atoms with E-state index in [1.165, 1.54) is 32.1 Å². The Morgan fingerprint density at radius 1 is 0.737 bits per heavy atom. The second kappa shape index (κ2) is 4.76. The molecule has 112 valence electrons. The quantitative estimate of drug-likeness (QED) is 0.740. The van der Waals surface area contributed by atoms with Crippen molar-refractivity contribution in [1.29, 1.82) is 0 Å². The summed E-state index contributed by atoms with van der Waals surface area (Å²) in [5.41, 5.74) is 1.53. The van der Waals surface area contributed by atoms with Gasteiger partial charge in [-0.25, -0.2) is 0 Å². The molecule has 1 heteroatoms. The lowest BCUT2D eigenvalue weighted by Crippen LogP contribution is -2.48. The number of nitrogens with one attached hydrogen (secondary N) is 1. The van der Waals surface area contributed by atoms with Gasteiger partial charge in [0.15, 0.2) is 0 Å². The van der Waals surface area contributed by atoms with E-state index in [2.05, 4.69) is 53.8 Å². The smallest absolute Gasteiger partial charge is 0.0101 e. The minimum atomic E-state index is 0.497. The van der Waals surface area contributed by atoms with Crippen LogP contribution in [0.15, 0.2) is 0 Å². The summed E-state index contributed by atoms with van der Waals surface area (Å²) >= 11 is 0.